The van der Waals surface area contributed by atoms with Gasteiger partial charge in [0.05, 0.1) is 0 Å². The predicted molar refractivity (Wildman–Crippen MR) is 110 cm³/mol. The average Bonchev–Trinajstić information content (AvgIpc) is 2.66. The topological polar surface area (TPSA) is 0 Å². The Kier molecular flexibility index (Phi) is 9.89. The van der Waals surface area contributed by atoms with Crippen molar-refractivity contribution in [1.82, 2.24) is 0 Å². The number of rotatable bonds is 5. The maximum atomic E-state index is 3.46. The zero-order valence-corrected chi connectivity index (χ0v) is 16.7. The summed E-state index contributed by atoms with van der Waals surface area (Å²) >= 11 is 0. The van der Waals surface area contributed by atoms with E-state index in [2.05, 4.69) is 37.5 Å². The van der Waals surface area contributed by atoms with Crippen molar-refractivity contribution in [3.8, 4) is 23.7 Å². The number of hydrogen-bond acceptors (Lipinski definition) is 0. The van der Waals surface area contributed by atoms with Crippen molar-refractivity contribution in [3.63, 3.8) is 0 Å². The first-order chi connectivity index (χ1) is 12.3. The van der Waals surface area contributed by atoms with Gasteiger partial charge in [0.2, 0.25) is 0 Å². The van der Waals surface area contributed by atoms with E-state index < -0.39 is 0 Å². The van der Waals surface area contributed by atoms with E-state index in [-0.39, 0.29) is 0 Å². The van der Waals surface area contributed by atoms with Gasteiger partial charge in [0, 0.05) is 11.8 Å². The van der Waals surface area contributed by atoms with Crippen LogP contribution in [-0.4, -0.2) is 0 Å². The van der Waals surface area contributed by atoms with E-state index >= 15 is 0 Å². The van der Waals surface area contributed by atoms with E-state index in [1.165, 1.54) is 83.5 Å². The highest BCUT2D eigenvalue weighted by Gasteiger charge is 2.19. The molecule has 138 valence electrons. The number of unbranched alkanes of at least 4 members (excludes halogenated alkanes) is 2. The number of allylic oxidation sites excluding steroid dienone is 2. The van der Waals surface area contributed by atoms with Crippen LogP contribution in [0.25, 0.3) is 0 Å². The molecule has 0 radical (unpaired) electrons. The third kappa shape index (κ3) is 8.19. The molecular formula is C25H38. The second-order valence-corrected chi connectivity index (χ2v) is 8.25. The van der Waals surface area contributed by atoms with Crippen molar-refractivity contribution in [2.75, 3.05) is 0 Å². The van der Waals surface area contributed by atoms with Gasteiger partial charge in [0.25, 0.3) is 0 Å². The largest absolute Gasteiger partial charge is 0.0951 e. The SMILES string of the molecule is CCCCCC1CCC(C#CC=CC#CC2CCC(CC)CC2)CC1. The Hall–Kier alpha value is -1.14. The van der Waals surface area contributed by atoms with E-state index in [0.717, 1.165) is 11.8 Å². The minimum Gasteiger partial charge on any atom is -0.0951 e. The summed E-state index contributed by atoms with van der Waals surface area (Å²) in [4.78, 5) is 0. The van der Waals surface area contributed by atoms with Gasteiger partial charge in [-0.05, 0) is 75.4 Å². The quantitative estimate of drug-likeness (QED) is 0.369. The molecule has 25 heavy (non-hydrogen) atoms. The van der Waals surface area contributed by atoms with E-state index in [4.69, 9.17) is 0 Å². The van der Waals surface area contributed by atoms with E-state index in [9.17, 15) is 0 Å². The molecule has 0 aromatic carbocycles. The van der Waals surface area contributed by atoms with Gasteiger partial charge in [-0.25, -0.2) is 0 Å². The van der Waals surface area contributed by atoms with Gasteiger partial charge < -0.3 is 0 Å². The summed E-state index contributed by atoms with van der Waals surface area (Å²) in [6.07, 6.45) is 21.7. The minimum atomic E-state index is 0.628. The van der Waals surface area contributed by atoms with Crippen molar-refractivity contribution < 1.29 is 0 Å². The van der Waals surface area contributed by atoms with Crippen LogP contribution >= 0.6 is 0 Å². The van der Waals surface area contributed by atoms with Crippen LogP contribution in [-0.2, 0) is 0 Å². The predicted octanol–water partition coefficient (Wildman–Crippen LogP) is 7.15. The van der Waals surface area contributed by atoms with Gasteiger partial charge in [-0.2, -0.15) is 0 Å². The molecule has 0 N–H and O–H groups in total. The molecule has 0 aromatic rings. The number of hydrogen-bond donors (Lipinski definition) is 0. The van der Waals surface area contributed by atoms with Crippen LogP contribution in [0.1, 0.15) is 97.3 Å². The second kappa shape index (κ2) is 12.3. The average molecular weight is 339 g/mol. The second-order valence-electron chi connectivity index (χ2n) is 8.25. The molecule has 2 rings (SSSR count). The third-order valence-electron chi connectivity index (χ3n) is 6.31. The summed E-state index contributed by atoms with van der Waals surface area (Å²) in [5, 5.41) is 0. The molecule has 0 amide bonds. The molecule has 2 saturated carbocycles. The van der Waals surface area contributed by atoms with Crippen LogP contribution in [0.2, 0.25) is 0 Å². The minimum absolute atomic E-state index is 0.628. The summed E-state index contributed by atoms with van der Waals surface area (Å²) in [6, 6.07) is 0. The third-order valence-corrected chi connectivity index (χ3v) is 6.31. The summed E-state index contributed by atoms with van der Waals surface area (Å²) in [5.74, 6) is 16.6. The summed E-state index contributed by atoms with van der Waals surface area (Å²) < 4.78 is 0. The molecule has 0 spiro atoms. The van der Waals surface area contributed by atoms with Crippen molar-refractivity contribution in [2.45, 2.75) is 97.3 Å². The molecule has 0 unspecified atom stereocenters. The lowest BCUT2D eigenvalue weighted by molar-refractivity contribution is 0.294. The van der Waals surface area contributed by atoms with E-state index in [0.29, 0.717) is 11.8 Å². The molecule has 0 saturated heterocycles. The maximum Gasteiger partial charge on any atom is 0.0206 e. The van der Waals surface area contributed by atoms with Crippen molar-refractivity contribution in [2.24, 2.45) is 23.7 Å². The van der Waals surface area contributed by atoms with Crippen LogP contribution in [0.15, 0.2) is 12.2 Å². The summed E-state index contributed by atoms with van der Waals surface area (Å²) in [7, 11) is 0. The van der Waals surface area contributed by atoms with Crippen molar-refractivity contribution in [1.29, 1.82) is 0 Å². The molecule has 0 atom stereocenters. The molecule has 0 heteroatoms. The monoisotopic (exact) mass is 338 g/mol. The highest BCUT2D eigenvalue weighted by Crippen LogP contribution is 2.32. The Balaban J connectivity index is 1.61. The van der Waals surface area contributed by atoms with Crippen molar-refractivity contribution in [3.05, 3.63) is 12.2 Å². The van der Waals surface area contributed by atoms with Gasteiger partial charge in [-0.3, -0.25) is 0 Å². The maximum absolute atomic E-state index is 3.46. The first kappa shape index (κ1) is 20.2. The Morgan fingerprint density at radius 1 is 0.680 bits per heavy atom. The Morgan fingerprint density at radius 3 is 1.68 bits per heavy atom. The zero-order chi connectivity index (χ0) is 17.7. The lowest BCUT2D eigenvalue weighted by Gasteiger charge is -2.25. The standard InChI is InChI=1S/C25H38/c1-3-5-8-11-23-18-20-25(21-19-23)13-10-7-6-9-12-24-16-14-22(4-2)15-17-24/h6-7,22-25H,3-5,8,11,14-21H2,1-2H3. The van der Waals surface area contributed by atoms with Crippen LogP contribution in [0.5, 0.6) is 0 Å². The molecular weight excluding hydrogens is 300 g/mol. The van der Waals surface area contributed by atoms with Crippen LogP contribution in [0, 0.1) is 47.4 Å². The van der Waals surface area contributed by atoms with E-state index in [1.54, 1.807) is 0 Å². The van der Waals surface area contributed by atoms with Gasteiger partial charge in [0.15, 0.2) is 0 Å². The van der Waals surface area contributed by atoms with Crippen LogP contribution in [0.3, 0.4) is 0 Å². The first-order valence-electron chi connectivity index (χ1n) is 11.0. The Bertz CT molecular complexity index is 488. The summed E-state index contributed by atoms with van der Waals surface area (Å²) in [5.41, 5.74) is 0. The highest BCUT2D eigenvalue weighted by molar-refractivity contribution is 5.26. The normalized spacial score (nSPS) is 29.5. The first-order valence-corrected chi connectivity index (χ1v) is 11.0. The molecule has 2 aliphatic rings. The molecule has 2 fully saturated rings. The van der Waals surface area contributed by atoms with Crippen LogP contribution in [0.4, 0.5) is 0 Å². The van der Waals surface area contributed by atoms with E-state index in [1.807, 2.05) is 12.2 Å². The molecule has 0 nitrogen and oxygen atoms in total. The lowest BCUT2D eigenvalue weighted by atomic mass is 9.80. The zero-order valence-electron chi connectivity index (χ0n) is 16.7. The summed E-state index contributed by atoms with van der Waals surface area (Å²) in [6.45, 7) is 4.61. The highest BCUT2D eigenvalue weighted by atomic mass is 14.2. The van der Waals surface area contributed by atoms with Crippen LogP contribution < -0.4 is 0 Å². The van der Waals surface area contributed by atoms with Gasteiger partial charge in [0.1, 0.15) is 0 Å². The Labute approximate surface area is 157 Å². The van der Waals surface area contributed by atoms with Crippen molar-refractivity contribution >= 4 is 0 Å². The molecule has 2 aliphatic carbocycles. The lowest BCUT2D eigenvalue weighted by Crippen LogP contribution is -2.13. The molecule has 0 aliphatic heterocycles. The Morgan fingerprint density at radius 2 is 1.20 bits per heavy atom. The molecule has 0 heterocycles. The van der Waals surface area contributed by atoms with Gasteiger partial charge >= 0.3 is 0 Å². The van der Waals surface area contributed by atoms with Gasteiger partial charge in [-0.15, -0.1) is 0 Å². The molecule has 0 aromatic heterocycles. The fraction of sp³-hybridized carbons (Fsp3) is 0.760. The fourth-order valence-electron chi connectivity index (χ4n) is 4.41. The fourth-order valence-corrected chi connectivity index (χ4v) is 4.41. The van der Waals surface area contributed by atoms with Gasteiger partial charge in [-0.1, -0.05) is 69.6 Å². The molecule has 0 bridgehead atoms. The smallest absolute Gasteiger partial charge is 0.0206 e.